The highest BCUT2D eigenvalue weighted by atomic mass is 19.1. The van der Waals surface area contributed by atoms with Gasteiger partial charge in [0.15, 0.2) is 0 Å². The molecule has 1 N–H and O–H groups in total. The minimum Gasteiger partial charge on any atom is -0.367 e. The number of pyridine rings is 1. The maximum absolute atomic E-state index is 13.0. The van der Waals surface area contributed by atoms with Crippen molar-refractivity contribution < 1.29 is 4.39 Å². The third-order valence-electron chi connectivity index (χ3n) is 2.61. The Hall–Kier alpha value is -1.16. The number of nitrogens with zero attached hydrogens (tertiary/aromatic N) is 2. The van der Waals surface area contributed by atoms with E-state index in [0.29, 0.717) is 12.1 Å². The number of rotatable bonds is 1. The third-order valence-corrected chi connectivity index (χ3v) is 2.61. The Bertz CT molecular complexity index is 332. The van der Waals surface area contributed by atoms with Gasteiger partial charge in [-0.2, -0.15) is 0 Å². The normalized spacial score (nSPS) is 26.7. The summed E-state index contributed by atoms with van der Waals surface area (Å²) in [5.41, 5.74) is 0.871. The Morgan fingerprint density at radius 1 is 1.33 bits per heavy atom. The SMILES string of the molecule is CC1CN(c2cncc(F)c2)CC(C)N1. The number of anilines is 1. The van der Waals surface area contributed by atoms with Crippen LogP contribution >= 0.6 is 0 Å². The van der Waals surface area contributed by atoms with Crippen molar-refractivity contribution in [2.75, 3.05) is 18.0 Å². The molecule has 1 aromatic rings. The second kappa shape index (κ2) is 4.14. The van der Waals surface area contributed by atoms with Gasteiger partial charge in [-0.1, -0.05) is 0 Å². The van der Waals surface area contributed by atoms with E-state index in [1.807, 2.05) is 0 Å². The van der Waals surface area contributed by atoms with Crippen molar-refractivity contribution in [2.24, 2.45) is 0 Å². The summed E-state index contributed by atoms with van der Waals surface area (Å²) in [6, 6.07) is 2.40. The molecule has 0 aliphatic carbocycles. The van der Waals surface area contributed by atoms with E-state index in [0.717, 1.165) is 18.8 Å². The fourth-order valence-corrected chi connectivity index (χ4v) is 2.11. The summed E-state index contributed by atoms with van der Waals surface area (Å²) in [5, 5.41) is 3.44. The van der Waals surface area contributed by atoms with Crippen LogP contribution in [-0.2, 0) is 0 Å². The molecule has 4 heteroatoms. The van der Waals surface area contributed by atoms with E-state index in [1.165, 1.54) is 12.3 Å². The molecule has 1 aliphatic heterocycles. The van der Waals surface area contributed by atoms with Gasteiger partial charge in [-0.25, -0.2) is 4.39 Å². The molecular weight excluding hydrogens is 193 g/mol. The molecule has 2 rings (SSSR count). The lowest BCUT2D eigenvalue weighted by molar-refractivity contribution is 0.406. The number of halogens is 1. The van der Waals surface area contributed by atoms with E-state index in [-0.39, 0.29) is 5.82 Å². The lowest BCUT2D eigenvalue weighted by Crippen LogP contribution is -2.54. The van der Waals surface area contributed by atoms with E-state index in [4.69, 9.17) is 0 Å². The quantitative estimate of drug-likeness (QED) is 0.758. The number of hydrogen-bond acceptors (Lipinski definition) is 3. The summed E-state index contributed by atoms with van der Waals surface area (Å²) < 4.78 is 13.0. The predicted molar refractivity (Wildman–Crippen MR) is 58.5 cm³/mol. The number of hydrogen-bond donors (Lipinski definition) is 1. The van der Waals surface area contributed by atoms with E-state index in [2.05, 4.69) is 29.0 Å². The standard InChI is InChI=1S/C11H16FN3/c1-8-6-15(7-9(2)14-8)11-3-10(12)4-13-5-11/h3-5,8-9,14H,6-7H2,1-2H3. The molecule has 1 fully saturated rings. The molecule has 0 spiro atoms. The average Bonchev–Trinajstić information content (AvgIpc) is 2.16. The third kappa shape index (κ3) is 2.45. The smallest absolute Gasteiger partial charge is 0.143 e. The van der Waals surface area contributed by atoms with Crippen LogP contribution in [0.15, 0.2) is 18.5 Å². The van der Waals surface area contributed by atoms with Gasteiger partial charge in [0.25, 0.3) is 0 Å². The molecule has 3 nitrogen and oxygen atoms in total. The van der Waals surface area contributed by atoms with Crippen LogP contribution in [0.25, 0.3) is 0 Å². The minimum absolute atomic E-state index is 0.272. The first-order valence-electron chi connectivity index (χ1n) is 5.26. The molecule has 15 heavy (non-hydrogen) atoms. The van der Waals surface area contributed by atoms with Gasteiger partial charge in [-0.3, -0.25) is 4.98 Å². The largest absolute Gasteiger partial charge is 0.367 e. The van der Waals surface area contributed by atoms with Gasteiger partial charge in [0.1, 0.15) is 5.82 Å². The molecule has 2 heterocycles. The van der Waals surface area contributed by atoms with Crippen molar-refractivity contribution in [3.05, 3.63) is 24.3 Å². The van der Waals surface area contributed by atoms with Gasteiger partial charge in [0.05, 0.1) is 18.1 Å². The summed E-state index contributed by atoms with van der Waals surface area (Å²) >= 11 is 0. The summed E-state index contributed by atoms with van der Waals surface area (Å²) in [5.74, 6) is -0.272. The lowest BCUT2D eigenvalue weighted by Gasteiger charge is -2.37. The molecule has 82 valence electrons. The Morgan fingerprint density at radius 2 is 2.00 bits per heavy atom. The fraction of sp³-hybridized carbons (Fsp3) is 0.545. The van der Waals surface area contributed by atoms with Crippen LogP contribution in [-0.4, -0.2) is 30.2 Å². The topological polar surface area (TPSA) is 28.2 Å². The zero-order chi connectivity index (χ0) is 10.8. The maximum Gasteiger partial charge on any atom is 0.143 e. The second-order valence-corrected chi connectivity index (χ2v) is 4.24. The van der Waals surface area contributed by atoms with Gasteiger partial charge in [0.2, 0.25) is 0 Å². The van der Waals surface area contributed by atoms with E-state index >= 15 is 0 Å². The summed E-state index contributed by atoms with van der Waals surface area (Å²) in [6.45, 7) is 6.07. The fourth-order valence-electron chi connectivity index (χ4n) is 2.11. The van der Waals surface area contributed by atoms with Gasteiger partial charge < -0.3 is 10.2 Å². The van der Waals surface area contributed by atoms with Crippen molar-refractivity contribution in [2.45, 2.75) is 25.9 Å². The molecule has 1 aromatic heterocycles. The average molecular weight is 209 g/mol. The molecule has 2 unspecified atom stereocenters. The van der Waals surface area contributed by atoms with Crippen molar-refractivity contribution in [1.82, 2.24) is 10.3 Å². The van der Waals surface area contributed by atoms with Crippen LogP contribution in [0.5, 0.6) is 0 Å². The monoisotopic (exact) mass is 209 g/mol. The maximum atomic E-state index is 13.0. The van der Waals surface area contributed by atoms with E-state index in [1.54, 1.807) is 6.20 Å². The molecule has 0 radical (unpaired) electrons. The molecule has 1 aliphatic rings. The predicted octanol–water partition coefficient (Wildman–Crippen LogP) is 1.41. The van der Waals surface area contributed by atoms with Crippen molar-refractivity contribution in [3.8, 4) is 0 Å². The first kappa shape index (κ1) is 10.4. The zero-order valence-electron chi connectivity index (χ0n) is 9.07. The van der Waals surface area contributed by atoms with Gasteiger partial charge in [0, 0.05) is 31.2 Å². The number of piperazine rings is 1. The highest BCUT2D eigenvalue weighted by molar-refractivity contribution is 5.45. The zero-order valence-corrected chi connectivity index (χ0v) is 9.07. The van der Waals surface area contributed by atoms with Crippen LogP contribution in [0.1, 0.15) is 13.8 Å². The second-order valence-electron chi connectivity index (χ2n) is 4.24. The van der Waals surface area contributed by atoms with Crippen LogP contribution in [0, 0.1) is 5.82 Å². The molecule has 0 bridgehead atoms. The highest BCUT2D eigenvalue weighted by Gasteiger charge is 2.21. The molecular formula is C11H16FN3. The van der Waals surface area contributed by atoms with Gasteiger partial charge in [-0.15, -0.1) is 0 Å². The molecule has 0 amide bonds. The number of nitrogens with one attached hydrogen (secondary N) is 1. The highest BCUT2D eigenvalue weighted by Crippen LogP contribution is 2.17. The Balaban J connectivity index is 2.16. The Labute approximate surface area is 89.3 Å². The van der Waals surface area contributed by atoms with E-state index < -0.39 is 0 Å². The summed E-state index contributed by atoms with van der Waals surface area (Å²) in [7, 11) is 0. The Kier molecular flexibility index (Phi) is 2.86. The number of aromatic nitrogens is 1. The first-order chi connectivity index (χ1) is 7.15. The summed E-state index contributed by atoms with van der Waals surface area (Å²) in [6.07, 6.45) is 2.95. The van der Waals surface area contributed by atoms with Crippen molar-refractivity contribution in [1.29, 1.82) is 0 Å². The van der Waals surface area contributed by atoms with Crippen LogP contribution in [0.2, 0.25) is 0 Å². The van der Waals surface area contributed by atoms with Gasteiger partial charge in [-0.05, 0) is 13.8 Å². The van der Waals surface area contributed by atoms with Crippen molar-refractivity contribution >= 4 is 5.69 Å². The van der Waals surface area contributed by atoms with Crippen LogP contribution in [0.3, 0.4) is 0 Å². The Morgan fingerprint density at radius 3 is 2.60 bits per heavy atom. The minimum atomic E-state index is -0.272. The molecule has 1 saturated heterocycles. The van der Waals surface area contributed by atoms with Crippen molar-refractivity contribution in [3.63, 3.8) is 0 Å². The summed E-state index contributed by atoms with van der Waals surface area (Å²) in [4.78, 5) is 6.04. The first-order valence-corrected chi connectivity index (χ1v) is 5.26. The lowest BCUT2D eigenvalue weighted by atomic mass is 10.1. The van der Waals surface area contributed by atoms with Gasteiger partial charge >= 0.3 is 0 Å². The molecule has 2 atom stereocenters. The van der Waals surface area contributed by atoms with E-state index in [9.17, 15) is 4.39 Å². The van der Waals surface area contributed by atoms with Crippen LogP contribution < -0.4 is 10.2 Å². The van der Waals surface area contributed by atoms with Crippen LogP contribution in [0.4, 0.5) is 10.1 Å². The molecule has 0 saturated carbocycles. The molecule has 0 aromatic carbocycles.